The molecule has 21 heavy (non-hydrogen) atoms. The first-order valence-electron chi connectivity index (χ1n) is 7.84. The van der Waals surface area contributed by atoms with Crippen LogP contribution in [-0.2, 0) is 11.3 Å². The summed E-state index contributed by atoms with van der Waals surface area (Å²) in [6, 6.07) is 0. The molecule has 1 aliphatic carbocycles. The summed E-state index contributed by atoms with van der Waals surface area (Å²) in [7, 11) is 1.75. The van der Waals surface area contributed by atoms with Crippen molar-refractivity contribution in [3.05, 3.63) is 23.8 Å². The smallest absolute Gasteiger partial charge is 0.223 e. The molecule has 5 nitrogen and oxygen atoms in total. The number of nitrogens with one attached hydrogen (secondary N) is 1. The highest BCUT2D eigenvalue weighted by atomic mass is 16.1. The van der Waals surface area contributed by atoms with Gasteiger partial charge in [-0.1, -0.05) is 6.42 Å². The van der Waals surface area contributed by atoms with Crippen LogP contribution >= 0.6 is 0 Å². The number of likely N-dealkylation sites (tertiary alicyclic amines) is 1. The lowest BCUT2D eigenvalue weighted by Crippen LogP contribution is -2.39. The third kappa shape index (κ3) is 2.79. The quantitative estimate of drug-likeness (QED) is 0.916. The topological polar surface area (TPSA) is 58.1 Å². The summed E-state index contributed by atoms with van der Waals surface area (Å²) >= 11 is 0. The second kappa shape index (κ2) is 5.72. The number of carbonyl (C=O) groups is 1. The summed E-state index contributed by atoms with van der Waals surface area (Å²) in [5, 5.41) is 2.85. The van der Waals surface area contributed by atoms with Gasteiger partial charge in [-0.25, -0.2) is 9.97 Å². The summed E-state index contributed by atoms with van der Waals surface area (Å²) < 4.78 is 0. The van der Waals surface area contributed by atoms with E-state index in [0.29, 0.717) is 0 Å². The monoisotopic (exact) mass is 288 g/mol. The number of carbonyl (C=O) groups excluding carboxylic acids is 1. The first-order valence-corrected chi connectivity index (χ1v) is 7.84. The zero-order valence-corrected chi connectivity index (χ0v) is 12.9. The van der Waals surface area contributed by atoms with E-state index in [1.54, 1.807) is 7.05 Å². The van der Waals surface area contributed by atoms with Crippen LogP contribution in [0, 0.1) is 18.3 Å². The van der Waals surface area contributed by atoms with E-state index in [1.807, 2.05) is 19.3 Å². The standard InChI is InChI=1S/C16H24N4O/c1-12-18-8-13(9-19-12)10-20-7-6-16(11-20)5-3-4-14(16)15(21)17-2/h8-9,14H,3-7,10-11H2,1-2H3,(H,17,21). The van der Waals surface area contributed by atoms with E-state index in [9.17, 15) is 4.79 Å². The SMILES string of the molecule is CNC(=O)C1CCCC12CCN(Cc1cnc(C)nc1)C2. The third-order valence-electron chi connectivity index (χ3n) is 5.17. The number of rotatable bonds is 3. The van der Waals surface area contributed by atoms with Crippen LogP contribution in [-0.4, -0.2) is 40.9 Å². The molecular formula is C16H24N4O. The molecule has 1 amide bonds. The van der Waals surface area contributed by atoms with Gasteiger partial charge in [-0.3, -0.25) is 9.69 Å². The van der Waals surface area contributed by atoms with Gasteiger partial charge in [-0.15, -0.1) is 0 Å². The van der Waals surface area contributed by atoms with Crippen molar-refractivity contribution in [2.75, 3.05) is 20.1 Å². The molecule has 1 N–H and O–H groups in total. The summed E-state index contributed by atoms with van der Waals surface area (Å²) in [4.78, 5) is 23.1. The number of amides is 1. The van der Waals surface area contributed by atoms with E-state index in [4.69, 9.17) is 0 Å². The Morgan fingerprint density at radius 3 is 2.90 bits per heavy atom. The van der Waals surface area contributed by atoms with Gasteiger partial charge in [0.2, 0.25) is 5.91 Å². The van der Waals surface area contributed by atoms with E-state index >= 15 is 0 Å². The maximum atomic E-state index is 12.1. The molecule has 2 aliphatic rings. The molecule has 1 aliphatic heterocycles. The molecule has 1 aromatic heterocycles. The Morgan fingerprint density at radius 1 is 1.43 bits per heavy atom. The summed E-state index contributed by atoms with van der Waals surface area (Å²) in [6.45, 7) is 4.89. The fraction of sp³-hybridized carbons (Fsp3) is 0.688. The van der Waals surface area contributed by atoms with Gasteiger partial charge in [0.25, 0.3) is 0 Å². The largest absolute Gasteiger partial charge is 0.359 e. The maximum Gasteiger partial charge on any atom is 0.223 e. The molecule has 0 radical (unpaired) electrons. The Kier molecular flexibility index (Phi) is 3.93. The molecule has 3 rings (SSSR count). The normalized spacial score (nSPS) is 29.1. The van der Waals surface area contributed by atoms with Crippen LogP contribution in [0.15, 0.2) is 12.4 Å². The summed E-state index contributed by atoms with van der Waals surface area (Å²) in [5.41, 5.74) is 1.36. The molecule has 5 heteroatoms. The van der Waals surface area contributed by atoms with Gasteiger partial charge in [0.1, 0.15) is 5.82 Å². The maximum absolute atomic E-state index is 12.1. The molecule has 0 aromatic carbocycles. The van der Waals surface area contributed by atoms with Crippen LogP contribution in [0.5, 0.6) is 0 Å². The molecular weight excluding hydrogens is 264 g/mol. The first-order chi connectivity index (χ1) is 10.1. The van der Waals surface area contributed by atoms with E-state index in [2.05, 4.69) is 20.2 Å². The van der Waals surface area contributed by atoms with Crippen molar-refractivity contribution in [1.29, 1.82) is 0 Å². The average Bonchev–Trinajstić information content (AvgIpc) is 3.08. The minimum absolute atomic E-state index is 0.196. The van der Waals surface area contributed by atoms with Crippen LogP contribution in [0.1, 0.15) is 37.1 Å². The lowest BCUT2D eigenvalue weighted by molar-refractivity contribution is -0.127. The predicted octanol–water partition coefficient (Wildman–Crippen LogP) is 1.52. The number of hydrogen-bond acceptors (Lipinski definition) is 4. The van der Waals surface area contributed by atoms with Crippen LogP contribution in [0.25, 0.3) is 0 Å². The second-order valence-electron chi connectivity index (χ2n) is 6.52. The fourth-order valence-corrected chi connectivity index (χ4v) is 4.09. The van der Waals surface area contributed by atoms with Crippen LogP contribution < -0.4 is 5.32 Å². The molecule has 2 heterocycles. The van der Waals surface area contributed by atoms with Gasteiger partial charge in [0.05, 0.1) is 0 Å². The summed E-state index contributed by atoms with van der Waals surface area (Å²) in [6.07, 6.45) is 8.38. The highest BCUT2D eigenvalue weighted by molar-refractivity contribution is 5.79. The molecule has 2 unspecified atom stereocenters. The Balaban J connectivity index is 1.67. The van der Waals surface area contributed by atoms with Gasteiger partial charge >= 0.3 is 0 Å². The average molecular weight is 288 g/mol. The fourth-order valence-electron chi connectivity index (χ4n) is 4.09. The first kappa shape index (κ1) is 14.4. The van der Waals surface area contributed by atoms with Crippen LogP contribution in [0.4, 0.5) is 0 Å². The molecule has 1 spiro atoms. The van der Waals surface area contributed by atoms with Crippen molar-refractivity contribution in [1.82, 2.24) is 20.2 Å². The second-order valence-corrected chi connectivity index (χ2v) is 6.52. The highest BCUT2D eigenvalue weighted by Gasteiger charge is 2.49. The Morgan fingerprint density at radius 2 is 2.19 bits per heavy atom. The number of hydrogen-bond donors (Lipinski definition) is 1. The molecule has 1 saturated heterocycles. The predicted molar refractivity (Wildman–Crippen MR) is 80.5 cm³/mol. The molecule has 114 valence electrons. The Labute approximate surface area is 126 Å². The Hall–Kier alpha value is -1.49. The molecule has 2 atom stereocenters. The van der Waals surface area contributed by atoms with E-state index in [1.165, 1.54) is 12.8 Å². The van der Waals surface area contributed by atoms with E-state index < -0.39 is 0 Å². The van der Waals surface area contributed by atoms with Crippen molar-refractivity contribution in [2.45, 2.75) is 39.2 Å². The molecule has 1 aromatic rings. The molecule has 1 saturated carbocycles. The Bertz CT molecular complexity index is 516. The lowest BCUT2D eigenvalue weighted by Gasteiger charge is -2.30. The van der Waals surface area contributed by atoms with Gasteiger partial charge in [0, 0.05) is 44.0 Å². The number of aromatic nitrogens is 2. The van der Waals surface area contributed by atoms with Crippen molar-refractivity contribution < 1.29 is 4.79 Å². The van der Waals surface area contributed by atoms with E-state index in [0.717, 1.165) is 43.9 Å². The van der Waals surface area contributed by atoms with Crippen molar-refractivity contribution in [3.63, 3.8) is 0 Å². The van der Waals surface area contributed by atoms with Crippen LogP contribution in [0.3, 0.4) is 0 Å². The lowest BCUT2D eigenvalue weighted by atomic mass is 9.76. The summed E-state index contributed by atoms with van der Waals surface area (Å²) in [5.74, 6) is 1.24. The van der Waals surface area contributed by atoms with Gasteiger partial charge in [-0.2, -0.15) is 0 Å². The van der Waals surface area contributed by atoms with Gasteiger partial charge in [-0.05, 0) is 38.1 Å². The zero-order valence-electron chi connectivity index (χ0n) is 12.9. The minimum Gasteiger partial charge on any atom is -0.359 e. The van der Waals surface area contributed by atoms with E-state index in [-0.39, 0.29) is 17.2 Å². The van der Waals surface area contributed by atoms with Gasteiger partial charge < -0.3 is 5.32 Å². The van der Waals surface area contributed by atoms with Crippen LogP contribution in [0.2, 0.25) is 0 Å². The third-order valence-corrected chi connectivity index (χ3v) is 5.17. The number of nitrogens with zero attached hydrogens (tertiary/aromatic N) is 3. The van der Waals surface area contributed by atoms with Crippen molar-refractivity contribution in [2.24, 2.45) is 11.3 Å². The minimum atomic E-state index is 0.196. The van der Waals surface area contributed by atoms with Crippen molar-refractivity contribution in [3.8, 4) is 0 Å². The van der Waals surface area contributed by atoms with Crippen molar-refractivity contribution >= 4 is 5.91 Å². The molecule has 2 fully saturated rings. The zero-order chi connectivity index (χ0) is 14.9. The molecule has 0 bridgehead atoms. The highest BCUT2D eigenvalue weighted by Crippen LogP contribution is 2.49. The van der Waals surface area contributed by atoms with Gasteiger partial charge in [0.15, 0.2) is 0 Å². The number of aryl methyl sites for hydroxylation is 1.